The van der Waals surface area contributed by atoms with E-state index in [-0.39, 0.29) is 11.8 Å². The van der Waals surface area contributed by atoms with Gasteiger partial charge in [0.15, 0.2) is 0 Å². The van der Waals surface area contributed by atoms with Gasteiger partial charge in [0.25, 0.3) is 0 Å². The fraction of sp³-hybridized carbons (Fsp3) is 0.467. The Balaban J connectivity index is 1.88. The van der Waals surface area contributed by atoms with Crippen LogP contribution < -0.4 is 15.5 Å². The van der Waals surface area contributed by atoms with E-state index in [2.05, 4.69) is 10.6 Å². The average molecular weight is 275 g/mol. The van der Waals surface area contributed by atoms with Crippen molar-refractivity contribution in [1.82, 2.24) is 5.32 Å². The Morgan fingerprint density at radius 3 is 2.65 bits per heavy atom. The fourth-order valence-electron chi connectivity index (χ4n) is 2.25. The molecule has 1 aromatic carbocycles. The summed E-state index contributed by atoms with van der Waals surface area (Å²) in [5, 5.41) is 5.96. The Labute approximate surface area is 119 Å². The predicted octanol–water partition coefficient (Wildman–Crippen LogP) is 1.75. The smallest absolute Gasteiger partial charge is 0.227 e. The number of carbonyl (C=O) groups excluding carboxylic acids is 2. The van der Waals surface area contributed by atoms with Gasteiger partial charge < -0.3 is 15.5 Å². The third-order valence-corrected chi connectivity index (χ3v) is 3.31. The maximum Gasteiger partial charge on any atom is 0.227 e. The van der Waals surface area contributed by atoms with Crippen molar-refractivity contribution in [2.24, 2.45) is 0 Å². The van der Waals surface area contributed by atoms with Crippen molar-refractivity contribution in [1.29, 1.82) is 0 Å². The maximum absolute atomic E-state index is 11.7. The highest BCUT2D eigenvalue weighted by Crippen LogP contribution is 2.22. The third kappa shape index (κ3) is 3.81. The van der Waals surface area contributed by atoms with Gasteiger partial charge in [0.05, 0.1) is 0 Å². The molecule has 1 aromatic rings. The van der Waals surface area contributed by atoms with E-state index in [1.54, 1.807) is 4.90 Å². The van der Waals surface area contributed by atoms with Crippen molar-refractivity contribution in [2.45, 2.75) is 26.2 Å². The molecule has 20 heavy (non-hydrogen) atoms. The summed E-state index contributed by atoms with van der Waals surface area (Å²) in [5.74, 6) is 0.170. The summed E-state index contributed by atoms with van der Waals surface area (Å²) in [4.78, 5) is 25.1. The van der Waals surface area contributed by atoms with Crippen molar-refractivity contribution < 1.29 is 9.59 Å². The topological polar surface area (TPSA) is 61.4 Å². The predicted molar refractivity (Wildman–Crippen MR) is 79.8 cm³/mol. The molecule has 2 amide bonds. The first-order valence-corrected chi connectivity index (χ1v) is 7.11. The molecule has 1 fully saturated rings. The lowest BCUT2D eigenvalue weighted by molar-refractivity contribution is -0.117. The van der Waals surface area contributed by atoms with Crippen molar-refractivity contribution in [3.05, 3.63) is 24.3 Å². The lowest BCUT2D eigenvalue weighted by Crippen LogP contribution is -2.23. The summed E-state index contributed by atoms with van der Waals surface area (Å²) in [7, 11) is 0. The molecule has 0 radical (unpaired) electrons. The number of carbonyl (C=O) groups is 2. The third-order valence-electron chi connectivity index (χ3n) is 3.31. The minimum atomic E-state index is -0.00375. The highest BCUT2D eigenvalue weighted by atomic mass is 16.2. The molecule has 0 atom stereocenters. The second-order valence-corrected chi connectivity index (χ2v) is 4.85. The van der Waals surface area contributed by atoms with Crippen LogP contribution in [0.5, 0.6) is 0 Å². The van der Waals surface area contributed by atoms with Crippen LogP contribution in [0.15, 0.2) is 24.3 Å². The molecule has 1 heterocycles. The van der Waals surface area contributed by atoms with Gasteiger partial charge in [-0.1, -0.05) is 6.92 Å². The van der Waals surface area contributed by atoms with Crippen LogP contribution in [0.4, 0.5) is 11.4 Å². The number of hydrogen-bond acceptors (Lipinski definition) is 3. The van der Waals surface area contributed by atoms with Gasteiger partial charge >= 0.3 is 0 Å². The largest absolute Gasteiger partial charge is 0.326 e. The minimum Gasteiger partial charge on any atom is -0.326 e. The zero-order chi connectivity index (χ0) is 14.4. The quantitative estimate of drug-likeness (QED) is 0.778. The van der Waals surface area contributed by atoms with Crippen LogP contribution in [0.3, 0.4) is 0 Å². The van der Waals surface area contributed by atoms with Crippen LogP contribution in [-0.4, -0.2) is 31.4 Å². The molecular formula is C15H21N3O2. The molecule has 1 aliphatic heterocycles. The van der Waals surface area contributed by atoms with Gasteiger partial charge in [-0.2, -0.15) is 0 Å². The van der Waals surface area contributed by atoms with Crippen LogP contribution in [0, 0.1) is 0 Å². The first kappa shape index (κ1) is 14.5. The molecule has 2 N–H and O–H groups in total. The zero-order valence-corrected chi connectivity index (χ0v) is 11.8. The monoisotopic (exact) mass is 275 g/mol. The lowest BCUT2D eigenvalue weighted by Gasteiger charge is -2.16. The van der Waals surface area contributed by atoms with E-state index in [4.69, 9.17) is 0 Å². The summed E-state index contributed by atoms with van der Waals surface area (Å²) >= 11 is 0. The average Bonchev–Trinajstić information content (AvgIpc) is 2.86. The highest BCUT2D eigenvalue weighted by Gasteiger charge is 2.21. The Morgan fingerprint density at radius 1 is 1.30 bits per heavy atom. The van der Waals surface area contributed by atoms with Gasteiger partial charge in [0, 0.05) is 37.3 Å². The van der Waals surface area contributed by atoms with Gasteiger partial charge in [-0.05, 0) is 37.2 Å². The second-order valence-electron chi connectivity index (χ2n) is 4.85. The molecule has 5 nitrogen and oxygen atoms in total. The highest BCUT2D eigenvalue weighted by molar-refractivity contribution is 5.96. The number of amides is 2. The summed E-state index contributed by atoms with van der Waals surface area (Å²) in [5.41, 5.74) is 1.67. The molecule has 0 bridgehead atoms. The first-order valence-electron chi connectivity index (χ1n) is 7.11. The summed E-state index contributed by atoms with van der Waals surface area (Å²) in [6.45, 7) is 4.35. The molecule has 0 spiro atoms. The normalized spacial score (nSPS) is 14.7. The maximum atomic E-state index is 11.7. The fourth-order valence-corrected chi connectivity index (χ4v) is 2.25. The molecule has 108 valence electrons. The summed E-state index contributed by atoms with van der Waals surface area (Å²) in [6.07, 6.45) is 2.00. The van der Waals surface area contributed by atoms with Crippen LogP contribution >= 0.6 is 0 Å². The van der Waals surface area contributed by atoms with Crippen molar-refractivity contribution in [3.63, 3.8) is 0 Å². The van der Waals surface area contributed by atoms with E-state index < -0.39 is 0 Å². The molecule has 1 saturated heterocycles. The van der Waals surface area contributed by atoms with Gasteiger partial charge in [0.1, 0.15) is 0 Å². The molecule has 0 aliphatic carbocycles. The molecule has 0 saturated carbocycles. The second kappa shape index (κ2) is 7.05. The van der Waals surface area contributed by atoms with E-state index in [1.807, 2.05) is 31.2 Å². The van der Waals surface area contributed by atoms with Crippen molar-refractivity contribution in [3.8, 4) is 0 Å². The zero-order valence-electron chi connectivity index (χ0n) is 11.8. The Morgan fingerprint density at radius 2 is 2.05 bits per heavy atom. The van der Waals surface area contributed by atoms with E-state index in [0.29, 0.717) is 19.4 Å². The van der Waals surface area contributed by atoms with Crippen LogP contribution in [-0.2, 0) is 9.59 Å². The molecule has 0 unspecified atom stereocenters. The molecule has 1 aliphatic rings. The van der Waals surface area contributed by atoms with Gasteiger partial charge in [-0.3, -0.25) is 9.59 Å². The van der Waals surface area contributed by atoms with Gasteiger partial charge in [0.2, 0.25) is 11.8 Å². The number of nitrogens with one attached hydrogen (secondary N) is 2. The van der Waals surface area contributed by atoms with E-state index in [1.165, 1.54) is 0 Å². The van der Waals surface area contributed by atoms with E-state index in [0.717, 1.165) is 30.9 Å². The van der Waals surface area contributed by atoms with Crippen LogP contribution in [0.25, 0.3) is 0 Å². The molecular weight excluding hydrogens is 254 g/mol. The van der Waals surface area contributed by atoms with Crippen molar-refractivity contribution >= 4 is 23.2 Å². The Kier molecular flexibility index (Phi) is 5.12. The molecule has 2 rings (SSSR count). The van der Waals surface area contributed by atoms with Gasteiger partial charge in [-0.25, -0.2) is 0 Å². The number of nitrogens with zero attached hydrogens (tertiary/aromatic N) is 1. The van der Waals surface area contributed by atoms with Gasteiger partial charge in [-0.15, -0.1) is 0 Å². The van der Waals surface area contributed by atoms with Crippen LogP contribution in [0.1, 0.15) is 26.2 Å². The number of anilines is 2. The van der Waals surface area contributed by atoms with E-state index >= 15 is 0 Å². The Bertz CT molecular complexity index is 471. The van der Waals surface area contributed by atoms with E-state index in [9.17, 15) is 9.59 Å². The Hall–Kier alpha value is -1.88. The van der Waals surface area contributed by atoms with Crippen LogP contribution in [0.2, 0.25) is 0 Å². The standard InChI is InChI=1S/C15H21N3O2/c1-2-16-10-9-14(19)17-12-5-7-13(8-6-12)18-11-3-4-15(18)20/h5-8,16H,2-4,9-11H2,1H3,(H,17,19). The van der Waals surface area contributed by atoms with Crippen molar-refractivity contribution in [2.75, 3.05) is 29.9 Å². The molecule has 0 aromatic heterocycles. The minimum absolute atomic E-state index is 0.00375. The lowest BCUT2D eigenvalue weighted by atomic mass is 10.2. The SMILES string of the molecule is CCNCCC(=O)Nc1ccc(N2CCCC2=O)cc1. The summed E-state index contributed by atoms with van der Waals surface area (Å²) in [6, 6.07) is 7.43. The number of benzene rings is 1. The number of hydrogen-bond donors (Lipinski definition) is 2. The molecule has 5 heteroatoms. The summed E-state index contributed by atoms with van der Waals surface area (Å²) < 4.78 is 0. The number of rotatable bonds is 6. The first-order chi connectivity index (χ1) is 9.70.